The van der Waals surface area contributed by atoms with Gasteiger partial charge in [-0.25, -0.2) is 0 Å². The van der Waals surface area contributed by atoms with Crippen molar-refractivity contribution in [3.05, 3.63) is 100 Å². The number of aromatic nitrogens is 2. The van der Waals surface area contributed by atoms with E-state index in [-0.39, 0.29) is 17.3 Å². The highest BCUT2D eigenvalue weighted by Gasteiger charge is 2.16. The number of benzene rings is 3. The standard InChI is InChI=1S/C28H28N4O4/c1-5-31(3)27(33)20-9-11-21(12-10-20)30-26-25(36-24-8-6-7-19(2)17-24)18-29-32(28(26)34)22-13-15-23(35-4)16-14-22/h6-18,30H,5H2,1-4H3. The molecule has 0 fully saturated rings. The lowest BCUT2D eigenvalue weighted by Gasteiger charge is -2.16. The maximum atomic E-state index is 13.6. The zero-order valence-electron chi connectivity index (χ0n) is 20.7. The van der Waals surface area contributed by atoms with Crippen molar-refractivity contribution in [3.8, 4) is 22.9 Å². The van der Waals surface area contributed by atoms with Crippen LogP contribution in [0.15, 0.2) is 83.8 Å². The van der Waals surface area contributed by atoms with Gasteiger partial charge in [0, 0.05) is 24.8 Å². The van der Waals surface area contributed by atoms with Gasteiger partial charge in [0.1, 0.15) is 11.5 Å². The predicted molar refractivity (Wildman–Crippen MR) is 140 cm³/mol. The van der Waals surface area contributed by atoms with Crippen LogP contribution in [0.1, 0.15) is 22.8 Å². The Bertz CT molecular complexity index is 1410. The summed E-state index contributed by atoms with van der Waals surface area (Å²) in [6, 6.07) is 21.5. The second kappa shape index (κ2) is 10.8. The van der Waals surface area contributed by atoms with Gasteiger partial charge in [0.25, 0.3) is 11.5 Å². The molecule has 1 amide bonds. The van der Waals surface area contributed by atoms with Crippen molar-refractivity contribution in [2.75, 3.05) is 26.0 Å². The van der Waals surface area contributed by atoms with E-state index in [1.54, 1.807) is 67.6 Å². The van der Waals surface area contributed by atoms with Gasteiger partial charge >= 0.3 is 0 Å². The van der Waals surface area contributed by atoms with E-state index >= 15 is 0 Å². The molecule has 4 aromatic rings. The number of carbonyl (C=O) groups excluding carboxylic acids is 1. The Morgan fingerprint density at radius 3 is 2.39 bits per heavy atom. The van der Waals surface area contributed by atoms with E-state index in [4.69, 9.17) is 9.47 Å². The zero-order valence-corrected chi connectivity index (χ0v) is 20.7. The molecular formula is C28H28N4O4. The molecule has 1 aromatic heterocycles. The number of aryl methyl sites for hydroxylation is 1. The van der Waals surface area contributed by atoms with E-state index in [1.165, 1.54) is 10.9 Å². The average molecular weight is 485 g/mol. The molecule has 8 heteroatoms. The lowest BCUT2D eigenvalue weighted by molar-refractivity contribution is 0.0802. The third-order valence-corrected chi connectivity index (χ3v) is 5.70. The van der Waals surface area contributed by atoms with E-state index in [2.05, 4.69) is 10.4 Å². The SMILES string of the molecule is CCN(C)C(=O)c1ccc(Nc2c(Oc3cccc(C)c3)cnn(-c3ccc(OC)cc3)c2=O)cc1. The van der Waals surface area contributed by atoms with Gasteiger partial charge in [-0.15, -0.1) is 0 Å². The summed E-state index contributed by atoms with van der Waals surface area (Å²) in [5.74, 6) is 1.47. The van der Waals surface area contributed by atoms with E-state index in [9.17, 15) is 9.59 Å². The predicted octanol–water partition coefficient (Wildman–Crippen LogP) is 5.18. The Morgan fingerprint density at radius 1 is 1.03 bits per heavy atom. The second-order valence-corrected chi connectivity index (χ2v) is 8.24. The summed E-state index contributed by atoms with van der Waals surface area (Å²) >= 11 is 0. The van der Waals surface area contributed by atoms with Gasteiger partial charge in [0.05, 0.1) is 19.0 Å². The Morgan fingerprint density at radius 2 is 1.75 bits per heavy atom. The van der Waals surface area contributed by atoms with Crippen LogP contribution in [0.25, 0.3) is 5.69 Å². The van der Waals surface area contributed by atoms with Gasteiger partial charge in [-0.3, -0.25) is 9.59 Å². The molecule has 1 heterocycles. The number of nitrogens with one attached hydrogen (secondary N) is 1. The Balaban J connectivity index is 1.73. The summed E-state index contributed by atoms with van der Waals surface area (Å²) < 4.78 is 12.6. The number of nitrogens with zero attached hydrogens (tertiary/aromatic N) is 3. The minimum absolute atomic E-state index is 0.0710. The molecule has 0 saturated heterocycles. The molecular weight excluding hydrogens is 456 g/mol. The van der Waals surface area contributed by atoms with Crippen molar-refractivity contribution in [1.82, 2.24) is 14.7 Å². The molecule has 0 radical (unpaired) electrons. The summed E-state index contributed by atoms with van der Waals surface area (Å²) in [5, 5.41) is 7.51. The highest BCUT2D eigenvalue weighted by atomic mass is 16.5. The molecule has 0 spiro atoms. The largest absolute Gasteiger partial charge is 0.497 e. The summed E-state index contributed by atoms with van der Waals surface area (Å²) in [5.41, 5.74) is 2.62. The van der Waals surface area contributed by atoms with Crippen molar-refractivity contribution in [2.24, 2.45) is 0 Å². The average Bonchev–Trinajstić information content (AvgIpc) is 2.90. The molecule has 36 heavy (non-hydrogen) atoms. The third kappa shape index (κ3) is 5.38. The van der Waals surface area contributed by atoms with Crippen LogP contribution in [0.4, 0.5) is 11.4 Å². The summed E-state index contributed by atoms with van der Waals surface area (Å²) in [4.78, 5) is 27.7. The molecule has 1 N–H and O–H groups in total. The lowest BCUT2D eigenvalue weighted by Crippen LogP contribution is -2.26. The quantitative estimate of drug-likeness (QED) is 0.371. The molecule has 0 saturated carbocycles. The first-order valence-electron chi connectivity index (χ1n) is 11.5. The van der Waals surface area contributed by atoms with Crippen LogP contribution in [0.5, 0.6) is 17.2 Å². The fourth-order valence-corrected chi connectivity index (χ4v) is 3.55. The van der Waals surface area contributed by atoms with E-state index in [0.717, 1.165) is 5.56 Å². The highest BCUT2D eigenvalue weighted by Crippen LogP contribution is 2.29. The van der Waals surface area contributed by atoms with Gasteiger partial charge in [0.15, 0.2) is 11.4 Å². The second-order valence-electron chi connectivity index (χ2n) is 8.24. The molecule has 8 nitrogen and oxygen atoms in total. The fourth-order valence-electron chi connectivity index (χ4n) is 3.55. The smallest absolute Gasteiger partial charge is 0.299 e. The maximum Gasteiger partial charge on any atom is 0.299 e. The molecule has 0 aliphatic rings. The van der Waals surface area contributed by atoms with Crippen molar-refractivity contribution < 1.29 is 14.3 Å². The van der Waals surface area contributed by atoms with Crippen LogP contribution < -0.4 is 20.3 Å². The van der Waals surface area contributed by atoms with Gasteiger partial charge in [-0.2, -0.15) is 9.78 Å². The summed E-state index contributed by atoms with van der Waals surface area (Å²) in [6.07, 6.45) is 1.50. The molecule has 184 valence electrons. The fraction of sp³-hybridized carbons (Fsp3) is 0.179. The number of ether oxygens (including phenoxy) is 2. The first kappa shape index (κ1) is 24.5. The monoisotopic (exact) mass is 484 g/mol. The Labute approximate surface area is 209 Å². The van der Waals surface area contributed by atoms with Crippen molar-refractivity contribution in [2.45, 2.75) is 13.8 Å². The van der Waals surface area contributed by atoms with Crippen LogP contribution in [0, 0.1) is 6.92 Å². The molecule has 3 aromatic carbocycles. The van der Waals surface area contributed by atoms with Gasteiger partial charge in [0.2, 0.25) is 0 Å². The number of hydrogen-bond acceptors (Lipinski definition) is 6. The van der Waals surface area contributed by atoms with E-state index < -0.39 is 5.56 Å². The van der Waals surface area contributed by atoms with E-state index in [0.29, 0.717) is 35.0 Å². The molecule has 0 aliphatic heterocycles. The molecule has 4 rings (SSSR count). The highest BCUT2D eigenvalue weighted by molar-refractivity contribution is 5.94. The van der Waals surface area contributed by atoms with Crippen LogP contribution in [0.3, 0.4) is 0 Å². The van der Waals surface area contributed by atoms with E-state index in [1.807, 2.05) is 38.1 Å². The first-order valence-corrected chi connectivity index (χ1v) is 11.5. The summed E-state index contributed by atoms with van der Waals surface area (Å²) in [7, 11) is 3.33. The zero-order chi connectivity index (χ0) is 25.7. The third-order valence-electron chi connectivity index (χ3n) is 5.70. The number of amides is 1. The summed E-state index contributed by atoms with van der Waals surface area (Å²) in [6.45, 7) is 4.49. The molecule has 0 aliphatic carbocycles. The Kier molecular flexibility index (Phi) is 7.34. The van der Waals surface area contributed by atoms with Gasteiger partial charge in [-0.1, -0.05) is 12.1 Å². The van der Waals surface area contributed by atoms with Crippen LogP contribution in [-0.2, 0) is 0 Å². The van der Waals surface area contributed by atoms with Gasteiger partial charge in [-0.05, 0) is 80.1 Å². The van der Waals surface area contributed by atoms with Gasteiger partial charge < -0.3 is 19.7 Å². The minimum atomic E-state index is -0.392. The van der Waals surface area contributed by atoms with Crippen molar-refractivity contribution in [1.29, 1.82) is 0 Å². The normalized spacial score (nSPS) is 10.6. The first-order chi connectivity index (χ1) is 17.4. The topological polar surface area (TPSA) is 85.7 Å². The minimum Gasteiger partial charge on any atom is -0.497 e. The van der Waals surface area contributed by atoms with Crippen LogP contribution >= 0.6 is 0 Å². The van der Waals surface area contributed by atoms with Crippen LogP contribution in [0.2, 0.25) is 0 Å². The maximum absolute atomic E-state index is 13.6. The lowest BCUT2D eigenvalue weighted by atomic mass is 10.2. The van der Waals surface area contributed by atoms with Crippen molar-refractivity contribution in [3.63, 3.8) is 0 Å². The molecule has 0 unspecified atom stereocenters. The Hall–Kier alpha value is -4.59. The number of carbonyl (C=O) groups is 1. The number of hydrogen-bond donors (Lipinski definition) is 1. The molecule has 0 bridgehead atoms. The molecule has 0 atom stereocenters. The number of anilines is 2. The number of rotatable bonds is 8. The van der Waals surface area contributed by atoms with Crippen molar-refractivity contribution >= 4 is 17.3 Å². The number of methoxy groups -OCH3 is 1. The van der Waals surface area contributed by atoms with Crippen LogP contribution in [-0.4, -0.2) is 41.3 Å².